The molecule has 3 amide bonds. The average Bonchev–Trinajstić information content (AvgIpc) is 3.57. The minimum atomic E-state index is -5.75. The maximum Gasteiger partial charge on any atom is 0.399 e. The van der Waals surface area contributed by atoms with E-state index in [1.165, 1.54) is 12.1 Å². The molecule has 11 nitrogen and oxygen atoms in total. The monoisotopic (exact) mass is 662 g/mol. The van der Waals surface area contributed by atoms with Crippen molar-refractivity contribution in [1.82, 2.24) is 20.1 Å². The summed E-state index contributed by atoms with van der Waals surface area (Å²) < 4.78 is 46.1. The molecule has 240 valence electrons. The van der Waals surface area contributed by atoms with Gasteiger partial charge in [-0.25, -0.2) is 0 Å². The zero-order chi connectivity index (χ0) is 32.3. The maximum absolute atomic E-state index is 14.3. The smallest absolute Gasteiger partial charge is 0.370 e. The Labute approximate surface area is 261 Å². The number of aryl methyl sites for hydroxylation is 1. The van der Waals surface area contributed by atoms with Crippen molar-refractivity contribution in [1.29, 1.82) is 0 Å². The highest BCUT2D eigenvalue weighted by atomic mass is 32.1. The Morgan fingerprint density at radius 1 is 1.16 bits per heavy atom. The lowest BCUT2D eigenvalue weighted by Crippen LogP contribution is -2.66. The Morgan fingerprint density at radius 2 is 1.91 bits per heavy atom. The number of aromatic nitrogens is 1. The molecule has 1 aromatic carbocycles. The number of benzene rings is 1. The van der Waals surface area contributed by atoms with E-state index < -0.39 is 42.4 Å². The van der Waals surface area contributed by atoms with E-state index >= 15 is 0 Å². The van der Waals surface area contributed by atoms with Crippen molar-refractivity contribution >= 4 is 46.7 Å². The Balaban J connectivity index is 1.16. The van der Waals surface area contributed by atoms with Crippen LogP contribution in [0.25, 0.3) is 10.1 Å². The summed E-state index contributed by atoms with van der Waals surface area (Å²) in [6.07, 6.45) is 6.43. The van der Waals surface area contributed by atoms with Crippen molar-refractivity contribution in [3.05, 3.63) is 64.3 Å². The van der Waals surface area contributed by atoms with E-state index in [-0.39, 0.29) is 28.1 Å². The van der Waals surface area contributed by atoms with E-state index in [0.29, 0.717) is 49.9 Å². The van der Waals surface area contributed by atoms with Gasteiger partial charge in [0, 0.05) is 41.4 Å². The fraction of sp³-hybridized carbons (Fsp3) is 0.467. The third-order valence-corrected chi connectivity index (χ3v) is 11.4. The minimum Gasteiger partial charge on any atom is -0.370 e. The molecule has 3 aliphatic rings. The quantitative estimate of drug-likeness (QED) is 0.323. The van der Waals surface area contributed by atoms with E-state index in [9.17, 15) is 27.7 Å². The first kappa shape index (κ1) is 31.7. The number of halogens is 2. The molecule has 3 aromatic rings. The molecule has 3 N–H and O–H groups in total. The summed E-state index contributed by atoms with van der Waals surface area (Å²) in [5.41, 5.74) is -3.97. The van der Waals surface area contributed by atoms with Gasteiger partial charge in [-0.1, -0.05) is 6.07 Å². The second-order valence-electron chi connectivity index (χ2n) is 12.0. The highest BCUT2D eigenvalue weighted by molar-refractivity contribution is 7.52. The molecule has 0 aliphatic carbocycles. The molecule has 0 bridgehead atoms. The molecule has 0 saturated carbocycles. The van der Waals surface area contributed by atoms with E-state index in [2.05, 4.69) is 10.3 Å². The molecule has 3 saturated heterocycles. The number of thiophene rings is 1. The number of carbonyl (C=O) groups excluding carboxylic acids is 3. The summed E-state index contributed by atoms with van der Waals surface area (Å²) in [6.45, 7) is 2.65. The van der Waals surface area contributed by atoms with Crippen LogP contribution in [0.4, 0.5) is 8.78 Å². The number of methoxy groups -OCH3 is 1. The topological polar surface area (TPSA) is 149 Å². The molecule has 0 unspecified atom stereocenters. The number of hydrogen-bond acceptors (Lipinski definition) is 7. The fourth-order valence-corrected chi connectivity index (χ4v) is 8.19. The van der Waals surface area contributed by atoms with E-state index in [4.69, 9.17) is 14.5 Å². The second-order valence-corrected chi connectivity index (χ2v) is 14.7. The lowest BCUT2D eigenvalue weighted by molar-refractivity contribution is -0.171. The average molecular weight is 663 g/mol. The van der Waals surface area contributed by atoms with Gasteiger partial charge in [0.2, 0.25) is 11.8 Å². The number of nitrogens with one attached hydrogen (secondary N) is 1. The molecule has 0 radical (unpaired) electrons. The number of hydrogen-bond donors (Lipinski definition) is 3. The molecule has 3 fully saturated rings. The number of nitrogens with zero attached hydrogens (tertiary/aromatic N) is 3. The van der Waals surface area contributed by atoms with E-state index in [0.717, 1.165) is 34.6 Å². The molecule has 5 heterocycles. The van der Waals surface area contributed by atoms with Crippen molar-refractivity contribution in [3.63, 3.8) is 0 Å². The van der Waals surface area contributed by atoms with E-state index in [1.807, 2.05) is 13.0 Å². The highest BCUT2D eigenvalue weighted by Gasteiger charge is 2.53. The third kappa shape index (κ3) is 5.46. The van der Waals surface area contributed by atoms with Crippen LogP contribution in [-0.2, 0) is 30.2 Å². The number of carbonyl (C=O) groups is 3. The van der Waals surface area contributed by atoms with Crippen LogP contribution < -0.4 is 5.32 Å². The van der Waals surface area contributed by atoms with Crippen LogP contribution in [0.2, 0.25) is 0 Å². The van der Waals surface area contributed by atoms with Crippen LogP contribution in [0.5, 0.6) is 0 Å². The summed E-state index contributed by atoms with van der Waals surface area (Å²) in [5.74, 6) is -1.05. The zero-order valence-corrected chi connectivity index (χ0v) is 26.3. The molecule has 3 atom stereocenters. The number of ether oxygens (including phenoxy) is 1. The van der Waals surface area contributed by atoms with E-state index in [1.54, 1.807) is 29.3 Å². The van der Waals surface area contributed by atoms with Crippen LogP contribution >= 0.6 is 18.9 Å². The highest BCUT2D eigenvalue weighted by Crippen LogP contribution is 2.59. The van der Waals surface area contributed by atoms with Gasteiger partial charge in [0.05, 0.1) is 18.0 Å². The largest absolute Gasteiger partial charge is 0.399 e. The molecule has 0 spiro atoms. The Bertz CT molecular complexity index is 1720. The van der Waals surface area contributed by atoms with Gasteiger partial charge in [-0.3, -0.25) is 23.9 Å². The Kier molecular flexibility index (Phi) is 8.10. The molecule has 6 rings (SSSR count). The van der Waals surface area contributed by atoms with Gasteiger partial charge in [-0.15, -0.1) is 11.3 Å². The maximum atomic E-state index is 14.3. The Morgan fingerprint density at radius 3 is 2.60 bits per heavy atom. The number of alkyl halides is 2. The molecule has 45 heavy (non-hydrogen) atoms. The van der Waals surface area contributed by atoms with Gasteiger partial charge in [0.1, 0.15) is 17.7 Å². The SMILES string of the molecule is COC1(c2cnccc2C)CN(C(=O)[C@@H]2CC[C@@H]3CCC[C@H](NC(=O)c4cc5cc(C(F)(F)P(=O)(O)O)ccc5s4)C(=O)N32)C1. The minimum absolute atomic E-state index is 0.110. The predicted molar refractivity (Wildman–Crippen MR) is 161 cm³/mol. The summed E-state index contributed by atoms with van der Waals surface area (Å²) in [5, 5.41) is 3.01. The summed E-state index contributed by atoms with van der Waals surface area (Å²) >= 11 is 1.01. The standard InChI is InChI=1S/C30H33F2N4O7PS/c1-17-10-11-33-14-21(17)29(43-2)15-35(16-29)28(39)23-8-7-20-4-3-5-22(27(38)36(20)23)34-26(37)25-13-18-12-19(6-9-24(18)45-25)30(31,32)44(40,41)42/h6,9-14,20,22-23H,3-5,7-8,15-16H2,1-2H3,(H,34,37)(H2,40,41,42)/t20-,22-,23-/m0/s1. The number of likely N-dealkylation sites (tertiary alicyclic amines) is 1. The van der Waals surface area contributed by atoms with Crippen molar-refractivity contribution in [2.75, 3.05) is 20.2 Å². The summed E-state index contributed by atoms with van der Waals surface area (Å²) in [7, 11) is -4.14. The lowest BCUT2D eigenvalue weighted by atomic mass is 9.83. The normalized spacial score (nSPS) is 23.4. The van der Waals surface area contributed by atoms with Gasteiger partial charge in [0.15, 0.2) is 0 Å². The van der Waals surface area contributed by atoms with Gasteiger partial charge >= 0.3 is 13.3 Å². The Hall–Kier alpha value is -3.29. The zero-order valence-electron chi connectivity index (χ0n) is 24.6. The first-order chi connectivity index (χ1) is 21.3. The number of pyridine rings is 1. The molecular formula is C30H33F2N4O7PS. The first-order valence-corrected chi connectivity index (χ1v) is 17.0. The van der Waals surface area contributed by atoms with Crippen LogP contribution in [0, 0.1) is 6.92 Å². The molecular weight excluding hydrogens is 629 g/mol. The van der Waals surface area contributed by atoms with Gasteiger partial charge in [-0.05, 0) is 74.2 Å². The van der Waals surface area contributed by atoms with Gasteiger partial charge in [-0.2, -0.15) is 8.78 Å². The second kappa shape index (κ2) is 11.5. The summed E-state index contributed by atoms with van der Waals surface area (Å²) in [4.78, 5) is 66.8. The number of fused-ring (bicyclic) bond motifs is 2. The number of rotatable bonds is 7. The van der Waals surface area contributed by atoms with Crippen LogP contribution in [0.15, 0.2) is 42.7 Å². The van der Waals surface area contributed by atoms with Crippen molar-refractivity contribution in [3.8, 4) is 0 Å². The molecule has 2 aromatic heterocycles. The van der Waals surface area contributed by atoms with Gasteiger partial charge in [0.25, 0.3) is 5.91 Å². The van der Waals surface area contributed by atoms with Crippen molar-refractivity contribution in [2.24, 2.45) is 0 Å². The third-order valence-electron chi connectivity index (χ3n) is 9.25. The fourth-order valence-electron chi connectivity index (χ4n) is 6.76. The summed E-state index contributed by atoms with van der Waals surface area (Å²) in [6, 6.07) is 4.77. The van der Waals surface area contributed by atoms with Crippen LogP contribution in [-0.4, -0.2) is 80.6 Å². The first-order valence-electron chi connectivity index (χ1n) is 14.6. The predicted octanol–water partition coefficient (Wildman–Crippen LogP) is 3.86. The molecule has 3 aliphatic heterocycles. The van der Waals surface area contributed by atoms with Crippen LogP contribution in [0.3, 0.4) is 0 Å². The van der Waals surface area contributed by atoms with Gasteiger partial charge < -0.3 is 29.6 Å². The number of amides is 3. The molecule has 15 heteroatoms. The van der Waals surface area contributed by atoms with Crippen molar-refractivity contribution in [2.45, 2.75) is 68.4 Å². The van der Waals surface area contributed by atoms with Crippen LogP contribution in [0.1, 0.15) is 58.5 Å². The lowest BCUT2D eigenvalue weighted by Gasteiger charge is -2.50. The van der Waals surface area contributed by atoms with Crippen molar-refractivity contribution < 1.29 is 42.3 Å².